The van der Waals surface area contributed by atoms with E-state index in [-0.39, 0.29) is 11.9 Å². The van der Waals surface area contributed by atoms with Crippen LogP contribution in [0.4, 0.5) is 5.82 Å². The molecule has 1 amide bonds. The van der Waals surface area contributed by atoms with E-state index in [0.717, 1.165) is 34.7 Å². The summed E-state index contributed by atoms with van der Waals surface area (Å²) in [5.41, 5.74) is 1.86. The molecule has 0 aromatic carbocycles. The lowest BCUT2D eigenvalue weighted by Gasteiger charge is -2.36. The number of rotatable bonds is 4. The Labute approximate surface area is 155 Å². The van der Waals surface area contributed by atoms with Crippen LogP contribution in [0, 0.1) is 0 Å². The molecule has 8 nitrogen and oxygen atoms in total. The minimum absolute atomic E-state index is 0.0871. The molecule has 9 heteroatoms. The van der Waals surface area contributed by atoms with Gasteiger partial charge in [-0.15, -0.1) is 11.3 Å². The normalized spacial score (nSPS) is 16.2. The van der Waals surface area contributed by atoms with Crippen LogP contribution in [-0.4, -0.2) is 63.8 Å². The Hall–Kier alpha value is -2.52. The summed E-state index contributed by atoms with van der Waals surface area (Å²) >= 11 is 1.66. The summed E-state index contributed by atoms with van der Waals surface area (Å²) in [6.45, 7) is 2.88. The minimum Gasteiger partial charge on any atom is -0.352 e. The number of fused-ring (bicyclic) bond motifs is 1. The highest BCUT2D eigenvalue weighted by molar-refractivity contribution is 7.17. The highest BCUT2D eigenvalue weighted by Crippen LogP contribution is 2.28. The third kappa shape index (κ3) is 3.04. The van der Waals surface area contributed by atoms with Crippen LogP contribution in [0.1, 0.15) is 11.6 Å². The molecule has 1 atom stereocenters. The zero-order chi connectivity index (χ0) is 18.1. The van der Waals surface area contributed by atoms with Gasteiger partial charge in [-0.2, -0.15) is 5.10 Å². The summed E-state index contributed by atoms with van der Waals surface area (Å²) in [5.74, 6) is 1.05. The van der Waals surface area contributed by atoms with E-state index in [4.69, 9.17) is 0 Å². The van der Waals surface area contributed by atoms with Crippen LogP contribution in [-0.2, 0) is 11.8 Å². The predicted molar refractivity (Wildman–Crippen MR) is 101 cm³/mol. The van der Waals surface area contributed by atoms with Gasteiger partial charge in [-0.3, -0.25) is 9.48 Å². The minimum atomic E-state index is -0.363. The van der Waals surface area contributed by atoms with Crippen molar-refractivity contribution in [1.29, 1.82) is 0 Å². The number of hydrogen-bond acceptors (Lipinski definition) is 7. The third-order valence-electron chi connectivity index (χ3n) is 4.71. The molecule has 0 aliphatic carbocycles. The van der Waals surface area contributed by atoms with Gasteiger partial charge in [0, 0.05) is 45.0 Å². The highest BCUT2D eigenvalue weighted by Gasteiger charge is 2.29. The molecule has 3 aromatic rings. The average Bonchev–Trinajstić information content (AvgIpc) is 3.31. The van der Waals surface area contributed by atoms with Crippen LogP contribution < -0.4 is 10.2 Å². The molecule has 136 valence electrons. The second-order valence-electron chi connectivity index (χ2n) is 6.31. The molecule has 26 heavy (non-hydrogen) atoms. The largest absolute Gasteiger partial charge is 0.352 e. The number of carbonyl (C=O) groups is 1. The number of carbonyl (C=O) groups excluding carboxylic acids is 1. The Morgan fingerprint density at radius 1 is 1.27 bits per heavy atom. The van der Waals surface area contributed by atoms with Crippen LogP contribution in [0.15, 0.2) is 30.2 Å². The van der Waals surface area contributed by atoms with Crippen molar-refractivity contribution in [3.8, 4) is 0 Å². The number of nitrogens with one attached hydrogen (secondary N) is 1. The molecule has 1 unspecified atom stereocenters. The number of anilines is 1. The van der Waals surface area contributed by atoms with Gasteiger partial charge in [0.05, 0.1) is 16.4 Å². The van der Waals surface area contributed by atoms with E-state index in [2.05, 4.69) is 25.3 Å². The molecule has 1 aliphatic heterocycles. The number of likely N-dealkylation sites (N-methyl/N-ethyl adjacent to an activating group) is 1. The highest BCUT2D eigenvalue weighted by atomic mass is 32.1. The lowest BCUT2D eigenvalue weighted by molar-refractivity contribution is -0.133. The third-order valence-corrected chi connectivity index (χ3v) is 5.61. The van der Waals surface area contributed by atoms with Gasteiger partial charge >= 0.3 is 0 Å². The van der Waals surface area contributed by atoms with Crippen LogP contribution in [0.25, 0.3) is 10.2 Å². The maximum atomic E-state index is 12.9. The molecule has 0 radical (unpaired) electrons. The van der Waals surface area contributed by atoms with Gasteiger partial charge in [-0.05, 0) is 18.5 Å². The second-order valence-corrected chi connectivity index (χ2v) is 7.23. The summed E-state index contributed by atoms with van der Waals surface area (Å²) in [6, 6.07) is 1.65. The molecule has 4 heterocycles. The molecule has 0 saturated carbocycles. The van der Waals surface area contributed by atoms with Crippen LogP contribution in [0.5, 0.6) is 0 Å². The summed E-state index contributed by atoms with van der Waals surface area (Å²) in [4.78, 5) is 25.9. The maximum Gasteiger partial charge on any atom is 0.244 e. The Bertz CT molecular complexity index is 913. The monoisotopic (exact) mass is 371 g/mol. The fraction of sp³-hybridized carbons (Fsp3) is 0.412. The lowest BCUT2D eigenvalue weighted by Crippen LogP contribution is -2.51. The van der Waals surface area contributed by atoms with Gasteiger partial charge < -0.3 is 15.1 Å². The molecular formula is C17H21N7OS. The Morgan fingerprint density at radius 3 is 2.77 bits per heavy atom. The zero-order valence-electron chi connectivity index (χ0n) is 14.8. The quantitative estimate of drug-likeness (QED) is 0.738. The number of aryl methyl sites for hydroxylation is 1. The van der Waals surface area contributed by atoms with Gasteiger partial charge in [0.2, 0.25) is 5.91 Å². The van der Waals surface area contributed by atoms with Crippen LogP contribution in [0.2, 0.25) is 0 Å². The topological polar surface area (TPSA) is 79.2 Å². The van der Waals surface area contributed by atoms with Gasteiger partial charge in [0.25, 0.3) is 0 Å². The molecule has 4 rings (SSSR count). The number of hydrogen-bond donors (Lipinski definition) is 1. The standard InChI is InChI=1S/C17H21N7OS/c1-18-14(12-9-21-22(2)10-12)17(25)24-6-4-23(5-7-24)16-15-13(3-8-26-15)19-11-20-16/h3,8-11,14,18H,4-7H2,1-2H3. The van der Waals surface area contributed by atoms with Crippen LogP contribution >= 0.6 is 11.3 Å². The van der Waals surface area contributed by atoms with Crippen molar-refractivity contribution < 1.29 is 4.79 Å². The summed E-state index contributed by atoms with van der Waals surface area (Å²) < 4.78 is 2.82. The predicted octanol–water partition coefficient (Wildman–Crippen LogP) is 1.03. The summed E-state index contributed by atoms with van der Waals surface area (Å²) in [6.07, 6.45) is 5.23. The SMILES string of the molecule is CNC(C(=O)N1CCN(c2ncnc3ccsc23)CC1)c1cnn(C)c1. The van der Waals surface area contributed by atoms with Crippen molar-refractivity contribution in [3.05, 3.63) is 35.7 Å². The van der Waals surface area contributed by atoms with Crippen molar-refractivity contribution in [2.24, 2.45) is 7.05 Å². The van der Waals surface area contributed by atoms with E-state index >= 15 is 0 Å². The fourth-order valence-electron chi connectivity index (χ4n) is 3.34. The first-order valence-electron chi connectivity index (χ1n) is 8.55. The number of nitrogens with zero attached hydrogens (tertiary/aromatic N) is 6. The summed E-state index contributed by atoms with van der Waals surface area (Å²) in [7, 11) is 3.66. The molecular weight excluding hydrogens is 350 g/mol. The van der Waals surface area contributed by atoms with E-state index in [1.165, 1.54) is 0 Å². The van der Waals surface area contributed by atoms with E-state index in [0.29, 0.717) is 13.1 Å². The first-order chi connectivity index (χ1) is 12.7. The molecule has 1 aliphatic rings. The van der Waals surface area contributed by atoms with E-state index < -0.39 is 0 Å². The number of piperazine rings is 1. The van der Waals surface area contributed by atoms with Gasteiger partial charge in [-0.25, -0.2) is 9.97 Å². The fourth-order valence-corrected chi connectivity index (χ4v) is 4.21. The van der Waals surface area contributed by atoms with E-state index in [9.17, 15) is 4.79 Å². The van der Waals surface area contributed by atoms with Crippen molar-refractivity contribution in [1.82, 2.24) is 30.0 Å². The molecule has 0 bridgehead atoms. The molecule has 1 N–H and O–H groups in total. The maximum absolute atomic E-state index is 12.9. The average molecular weight is 371 g/mol. The second kappa shape index (κ2) is 7.00. The summed E-state index contributed by atoms with van der Waals surface area (Å²) in [5, 5.41) is 9.32. The van der Waals surface area contributed by atoms with E-state index in [1.54, 1.807) is 35.6 Å². The molecule has 0 spiro atoms. The molecule has 1 fully saturated rings. The number of aromatic nitrogens is 4. The van der Waals surface area contributed by atoms with Gasteiger partial charge in [-0.1, -0.05) is 0 Å². The van der Waals surface area contributed by atoms with E-state index in [1.807, 2.05) is 29.6 Å². The van der Waals surface area contributed by atoms with Crippen molar-refractivity contribution >= 4 is 33.3 Å². The molecule has 1 saturated heterocycles. The van der Waals surface area contributed by atoms with Gasteiger partial charge in [0.1, 0.15) is 18.2 Å². The smallest absolute Gasteiger partial charge is 0.244 e. The van der Waals surface area contributed by atoms with Crippen molar-refractivity contribution in [3.63, 3.8) is 0 Å². The Balaban J connectivity index is 1.46. The number of amides is 1. The first kappa shape index (κ1) is 16.9. The first-order valence-corrected chi connectivity index (χ1v) is 9.43. The van der Waals surface area contributed by atoms with Crippen molar-refractivity contribution in [2.75, 3.05) is 38.1 Å². The Morgan fingerprint density at radius 2 is 2.08 bits per heavy atom. The zero-order valence-corrected chi connectivity index (χ0v) is 15.6. The lowest BCUT2D eigenvalue weighted by atomic mass is 10.1. The van der Waals surface area contributed by atoms with Crippen molar-refractivity contribution in [2.45, 2.75) is 6.04 Å². The Kier molecular flexibility index (Phi) is 4.56. The number of thiophene rings is 1. The molecule has 3 aromatic heterocycles. The van der Waals surface area contributed by atoms with Gasteiger partial charge in [0.15, 0.2) is 0 Å². The van der Waals surface area contributed by atoms with Crippen LogP contribution in [0.3, 0.4) is 0 Å².